The van der Waals surface area contributed by atoms with Crippen LogP contribution in [0.2, 0.25) is 0 Å². The van der Waals surface area contributed by atoms with Crippen molar-refractivity contribution >= 4 is 0 Å². The van der Waals surface area contributed by atoms with E-state index in [1.807, 2.05) is 27.7 Å². The number of hydrogen-bond acceptors (Lipinski definition) is 2. The molecule has 0 rings (SSSR count). The highest BCUT2D eigenvalue weighted by atomic mass is 16.3. The molecule has 0 aromatic carbocycles. The van der Waals surface area contributed by atoms with Crippen molar-refractivity contribution in [2.24, 2.45) is 5.73 Å². The molecule has 0 bridgehead atoms. The molecule has 0 heterocycles. The van der Waals surface area contributed by atoms with Crippen LogP contribution in [0.3, 0.4) is 0 Å². The van der Waals surface area contributed by atoms with Crippen molar-refractivity contribution in [3.05, 3.63) is 0 Å². The Labute approximate surface area is 63.4 Å². The maximum absolute atomic E-state index is 9.84. The van der Waals surface area contributed by atoms with Crippen molar-refractivity contribution in [1.82, 2.24) is 0 Å². The molecule has 0 atom stereocenters. The van der Waals surface area contributed by atoms with E-state index in [0.717, 1.165) is 0 Å². The Morgan fingerprint density at radius 3 is 1.50 bits per heavy atom. The molecule has 10 heavy (non-hydrogen) atoms. The number of hydrogen-bond donors (Lipinski definition) is 2. The summed E-state index contributed by atoms with van der Waals surface area (Å²) in [6, 6.07) is 0. The van der Waals surface area contributed by atoms with Gasteiger partial charge in [0.05, 0.1) is 5.60 Å². The summed E-state index contributed by atoms with van der Waals surface area (Å²) in [6.45, 7) is 7.64. The first-order valence-electron chi connectivity index (χ1n) is 3.88. The number of rotatable bonds is 3. The fraction of sp³-hybridized carbons (Fsp3) is 1.00. The van der Waals surface area contributed by atoms with Gasteiger partial charge in [-0.15, -0.1) is 0 Å². The van der Waals surface area contributed by atoms with E-state index >= 15 is 0 Å². The second-order valence-electron chi connectivity index (χ2n) is 3.46. The van der Waals surface area contributed by atoms with Gasteiger partial charge in [-0.25, -0.2) is 0 Å². The molecule has 0 aliphatic heterocycles. The zero-order valence-corrected chi connectivity index (χ0v) is 7.44. The first-order valence-corrected chi connectivity index (χ1v) is 3.88. The standard InChI is InChI=1S/C8H19NO/c1-5-8(10,6-2)7(3,4)9/h10H,5-6,9H2,1-4H3. The molecule has 0 aliphatic rings. The minimum Gasteiger partial charge on any atom is -0.388 e. The Bertz CT molecular complexity index is 100. The fourth-order valence-corrected chi connectivity index (χ4v) is 1.16. The van der Waals surface area contributed by atoms with Crippen LogP contribution in [0.4, 0.5) is 0 Å². The predicted octanol–water partition coefficient (Wildman–Crippen LogP) is 1.27. The molecule has 0 saturated carbocycles. The smallest absolute Gasteiger partial charge is 0.0815 e. The minimum atomic E-state index is -0.701. The van der Waals surface area contributed by atoms with Crippen LogP contribution in [0.5, 0.6) is 0 Å². The fourth-order valence-electron chi connectivity index (χ4n) is 1.16. The van der Waals surface area contributed by atoms with Crippen LogP contribution in [-0.4, -0.2) is 16.2 Å². The Morgan fingerprint density at radius 2 is 1.50 bits per heavy atom. The molecule has 0 amide bonds. The first-order chi connectivity index (χ1) is 4.37. The van der Waals surface area contributed by atoms with Crippen molar-refractivity contribution in [1.29, 1.82) is 0 Å². The van der Waals surface area contributed by atoms with Crippen LogP contribution in [0.15, 0.2) is 0 Å². The lowest BCUT2D eigenvalue weighted by Crippen LogP contribution is -2.55. The summed E-state index contributed by atoms with van der Waals surface area (Å²) < 4.78 is 0. The summed E-state index contributed by atoms with van der Waals surface area (Å²) in [4.78, 5) is 0. The maximum atomic E-state index is 9.84. The Morgan fingerprint density at radius 1 is 1.20 bits per heavy atom. The van der Waals surface area contributed by atoms with E-state index in [1.165, 1.54) is 0 Å². The predicted molar refractivity (Wildman–Crippen MR) is 43.8 cm³/mol. The maximum Gasteiger partial charge on any atom is 0.0815 e. The van der Waals surface area contributed by atoms with Gasteiger partial charge in [-0.2, -0.15) is 0 Å². The SMILES string of the molecule is CCC(O)(CC)C(C)(C)N. The summed E-state index contributed by atoms with van der Waals surface area (Å²) in [5.74, 6) is 0. The monoisotopic (exact) mass is 145 g/mol. The van der Waals surface area contributed by atoms with E-state index in [0.29, 0.717) is 12.8 Å². The number of aliphatic hydroxyl groups is 1. The van der Waals surface area contributed by atoms with Gasteiger partial charge in [0, 0.05) is 5.54 Å². The van der Waals surface area contributed by atoms with Crippen LogP contribution in [-0.2, 0) is 0 Å². The second kappa shape index (κ2) is 2.89. The number of nitrogens with two attached hydrogens (primary N) is 1. The molecule has 0 saturated heterocycles. The molecule has 0 spiro atoms. The molecule has 0 aromatic rings. The third kappa shape index (κ3) is 1.70. The average Bonchev–Trinajstić information content (AvgIpc) is 1.84. The normalized spacial score (nSPS) is 13.8. The summed E-state index contributed by atoms with van der Waals surface area (Å²) >= 11 is 0. The lowest BCUT2D eigenvalue weighted by molar-refractivity contribution is -0.0281. The molecule has 0 radical (unpaired) electrons. The molecule has 0 aromatic heterocycles. The summed E-state index contributed by atoms with van der Waals surface area (Å²) in [5, 5.41) is 9.84. The zero-order chi connectivity index (χ0) is 8.41. The largest absolute Gasteiger partial charge is 0.388 e. The van der Waals surface area contributed by atoms with Crippen LogP contribution < -0.4 is 5.73 Å². The van der Waals surface area contributed by atoms with Gasteiger partial charge in [-0.05, 0) is 26.7 Å². The van der Waals surface area contributed by atoms with Crippen molar-refractivity contribution in [2.45, 2.75) is 51.7 Å². The quantitative estimate of drug-likeness (QED) is 0.628. The van der Waals surface area contributed by atoms with Crippen molar-refractivity contribution in [2.75, 3.05) is 0 Å². The van der Waals surface area contributed by atoms with Crippen molar-refractivity contribution in [3.63, 3.8) is 0 Å². The van der Waals surface area contributed by atoms with Gasteiger partial charge in [0.25, 0.3) is 0 Å². The molecule has 3 N–H and O–H groups in total. The van der Waals surface area contributed by atoms with Crippen molar-refractivity contribution in [3.8, 4) is 0 Å². The molecular weight excluding hydrogens is 126 g/mol. The van der Waals surface area contributed by atoms with E-state index in [4.69, 9.17) is 5.73 Å². The van der Waals surface area contributed by atoms with E-state index in [1.54, 1.807) is 0 Å². The first kappa shape index (κ1) is 9.92. The molecular formula is C8H19NO. The highest BCUT2D eigenvalue weighted by Crippen LogP contribution is 2.25. The molecule has 62 valence electrons. The van der Waals surface area contributed by atoms with E-state index in [-0.39, 0.29) is 0 Å². The van der Waals surface area contributed by atoms with Gasteiger partial charge in [0.2, 0.25) is 0 Å². The van der Waals surface area contributed by atoms with Gasteiger partial charge >= 0.3 is 0 Å². The molecule has 0 aliphatic carbocycles. The third-order valence-corrected chi connectivity index (χ3v) is 2.37. The van der Waals surface area contributed by atoms with Gasteiger partial charge in [0.15, 0.2) is 0 Å². The lowest BCUT2D eigenvalue weighted by Gasteiger charge is -2.38. The van der Waals surface area contributed by atoms with Gasteiger partial charge in [0.1, 0.15) is 0 Å². The molecule has 0 fully saturated rings. The second-order valence-corrected chi connectivity index (χ2v) is 3.46. The van der Waals surface area contributed by atoms with Crippen molar-refractivity contribution < 1.29 is 5.11 Å². The summed E-state index contributed by atoms with van der Waals surface area (Å²) in [7, 11) is 0. The Hall–Kier alpha value is -0.0800. The highest BCUT2D eigenvalue weighted by Gasteiger charge is 2.36. The Kier molecular flexibility index (Phi) is 2.86. The van der Waals surface area contributed by atoms with E-state index < -0.39 is 11.1 Å². The molecule has 0 unspecified atom stereocenters. The van der Waals surface area contributed by atoms with Crippen LogP contribution in [0.25, 0.3) is 0 Å². The van der Waals surface area contributed by atoms with Gasteiger partial charge < -0.3 is 10.8 Å². The average molecular weight is 145 g/mol. The molecule has 2 nitrogen and oxygen atoms in total. The van der Waals surface area contributed by atoms with Crippen LogP contribution in [0, 0.1) is 0 Å². The summed E-state index contributed by atoms with van der Waals surface area (Å²) in [5.41, 5.74) is 4.59. The minimum absolute atomic E-state index is 0.490. The third-order valence-electron chi connectivity index (χ3n) is 2.37. The summed E-state index contributed by atoms with van der Waals surface area (Å²) in [6.07, 6.45) is 1.43. The highest BCUT2D eigenvalue weighted by molar-refractivity contribution is 4.95. The van der Waals surface area contributed by atoms with Gasteiger partial charge in [-0.1, -0.05) is 13.8 Å². The van der Waals surface area contributed by atoms with Crippen LogP contribution >= 0.6 is 0 Å². The Balaban J connectivity index is 4.33. The molecule has 2 heteroatoms. The van der Waals surface area contributed by atoms with Crippen LogP contribution in [0.1, 0.15) is 40.5 Å². The lowest BCUT2D eigenvalue weighted by atomic mass is 9.79. The topological polar surface area (TPSA) is 46.2 Å². The van der Waals surface area contributed by atoms with E-state index in [2.05, 4.69) is 0 Å². The zero-order valence-electron chi connectivity index (χ0n) is 7.44. The van der Waals surface area contributed by atoms with E-state index in [9.17, 15) is 5.11 Å². The van der Waals surface area contributed by atoms with Gasteiger partial charge in [-0.3, -0.25) is 0 Å².